The molecular formula is C14H19N5S. The third kappa shape index (κ3) is 2.07. The van der Waals surface area contributed by atoms with Crippen LogP contribution >= 0.6 is 11.3 Å². The molecule has 20 heavy (non-hydrogen) atoms. The predicted molar refractivity (Wildman–Crippen MR) is 77.6 cm³/mol. The maximum Gasteiger partial charge on any atom is 0.165 e. The first-order chi connectivity index (χ1) is 9.86. The second-order valence-corrected chi connectivity index (χ2v) is 6.72. The smallest absolute Gasteiger partial charge is 0.165 e. The van der Waals surface area contributed by atoms with Crippen molar-refractivity contribution < 1.29 is 0 Å². The van der Waals surface area contributed by atoms with E-state index in [1.807, 2.05) is 16.0 Å². The molecule has 2 aromatic heterocycles. The Hall–Kier alpha value is -1.27. The summed E-state index contributed by atoms with van der Waals surface area (Å²) in [5, 5.41) is 14.5. The van der Waals surface area contributed by atoms with Crippen molar-refractivity contribution in [3.8, 4) is 0 Å². The second kappa shape index (κ2) is 4.93. The van der Waals surface area contributed by atoms with Gasteiger partial charge in [-0.3, -0.25) is 4.90 Å². The molecule has 0 saturated heterocycles. The topological polar surface area (TPSA) is 46.8 Å². The van der Waals surface area contributed by atoms with E-state index in [1.54, 1.807) is 4.88 Å². The Labute approximate surface area is 122 Å². The van der Waals surface area contributed by atoms with E-state index in [-0.39, 0.29) is 0 Å². The van der Waals surface area contributed by atoms with Crippen molar-refractivity contribution in [3.05, 3.63) is 27.7 Å². The van der Waals surface area contributed by atoms with Crippen molar-refractivity contribution >= 4 is 11.3 Å². The highest BCUT2D eigenvalue weighted by Crippen LogP contribution is 2.37. The number of hydrogen-bond acceptors (Lipinski definition) is 5. The van der Waals surface area contributed by atoms with Crippen LogP contribution in [0.15, 0.2) is 11.4 Å². The van der Waals surface area contributed by atoms with E-state index in [2.05, 4.69) is 38.8 Å². The number of nitrogens with zero attached hydrogens (tertiary/aromatic N) is 5. The van der Waals surface area contributed by atoms with Gasteiger partial charge in [-0.2, -0.15) is 0 Å². The lowest BCUT2D eigenvalue weighted by atomic mass is 9.98. The summed E-state index contributed by atoms with van der Waals surface area (Å²) in [6.45, 7) is 4.26. The summed E-state index contributed by atoms with van der Waals surface area (Å²) in [4.78, 5) is 4.11. The van der Waals surface area contributed by atoms with Crippen LogP contribution in [0.1, 0.15) is 54.5 Å². The van der Waals surface area contributed by atoms with Gasteiger partial charge in [0, 0.05) is 17.5 Å². The van der Waals surface area contributed by atoms with Gasteiger partial charge >= 0.3 is 0 Å². The normalized spacial score (nSPS) is 22.9. The highest BCUT2D eigenvalue weighted by Gasteiger charge is 2.31. The van der Waals surface area contributed by atoms with Crippen LogP contribution in [0, 0.1) is 0 Å². The largest absolute Gasteiger partial charge is 0.288 e. The Bertz CT molecular complexity index is 600. The molecule has 1 aliphatic heterocycles. The Kier molecular flexibility index (Phi) is 3.07. The fourth-order valence-electron chi connectivity index (χ4n) is 3.22. The van der Waals surface area contributed by atoms with Gasteiger partial charge in [0.25, 0.3) is 0 Å². The molecule has 2 aromatic rings. The summed E-state index contributed by atoms with van der Waals surface area (Å²) in [5.74, 6) is 1.03. The van der Waals surface area contributed by atoms with Gasteiger partial charge in [-0.15, -0.1) is 16.4 Å². The van der Waals surface area contributed by atoms with Gasteiger partial charge in [0.05, 0.1) is 12.6 Å². The first kappa shape index (κ1) is 12.5. The Balaban J connectivity index is 1.58. The lowest BCUT2D eigenvalue weighted by molar-refractivity contribution is 0.165. The predicted octanol–water partition coefficient (Wildman–Crippen LogP) is 2.58. The van der Waals surface area contributed by atoms with Crippen molar-refractivity contribution in [1.82, 2.24) is 25.1 Å². The minimum absolute atomic E-state index is 0.523. The molecule has 1 atom stereocenters. The SMILES string of the molecule is CC[C@H]1c2ccsc2CCN1Cc1nnnn1C1CC1. The molecule has 0 radical (unpaired) electrons. The lowest BCUT2D eigenvalue weighted by Crippen LogP contribution is -2.34. The van der Waals surface area contributed by atoms with Crippen molar-refractivity contribution in [3.63, 3.8) is 0 Å². The van der Waals surface area contributed by atoms with Gasteiger partial charge in [0.1, 0.15) is 0 Å². The summed E-state index contributed by atoms with van der Waals surface area (Å²) in [5.41, 5.74) is 1.52. The number of hydrogen-bond donors (Lipinski definition) is 0. The highest BCUT2D eigenvalue weighted by molar-refractivity contribution is 7.10. The average molecular weight is 289 g/mol. The summed E-state index contributed by atoms with van der Waals surface area (Å²) < 4.78 is 2.04. The quantitative estimate of drug-likeness (QED) is 0.868. The van der Waals surface area contributed by atoms with Gasteiger partial charge in [-0.1, -0.05) is 6.92 Å². The Morgan fingerprint density at radius 3 is 3.10 bits per heavy atom. The molecule has 0 bridgehead atoms. The van der Waals surface area contributed by atoms with Gasteiger partial charge in [0.15, 0.2) is 5.82 Å². The van der Waals surface area contributed by atoms with Crippen molar-refractivity contribution in [2.24, 2.45) is 0 Å². The minimum Gasteiger partial charge on any atom is -0.288 e. The summed E-state index contributed by atoms with van der Waals surface area (Å²) in [6, 6.07) is 3.38. The summed E-state index contributed by atoms with van der Waals surface area (Å²) in [6.07, 6.45) is 4.76. The van der Waals surface area contributed by atoms with Crippen molar-refractivity contribution in [2.75, 3.05) is 6.54 Å². The van der Waals surface area contributed by atoms with E-state index in [9.17, 15) is 0 Å². The van der Waals surface area contributed by atoms with Crippen LogP contribution in [0.4, 0.5) is 0 Å². The van der Waals surface area contributed by atoms with Crippen LogP contribution in [0.2, 0.25) is 0 Å². The number of tetrazole rings is 1. The van der Waals surface area contributed by atoms with E-state index >= 15 is 0 Å². The lowest BCUT2D eigenvalue weighted by Gasteiger charge is -2.34. The summed E-state index contributed by atoms with van der Waals surface area (Å²) >= 11 is 1.90. The Morgan fingerprint density at radius 1 is 1.40 bits per heavy atom. The van der Waals surface area contributed by atoms with E-state index in [4.69, 9.17) is 0 Å². The van der Waals surface area contributed by atoms with Crippen LogP contribution in [0.3, 0.4) is 0 Å². The fourth-order valence-corrected chi connectivity index (χ4v) is 4.14. The monoisotopic (exact) mass is 289 g/mol. The fraction of sp³-hybridized carbons (Fsp3) is 0.643. The van der Waals surface area contributed by atoms with Crippen LogP contribution in [-0.2, 0) is 13.0 Å². The minimum atomic E-state index is 0.523. The zero-order chi connectivity index (χ0) is 13.5. The zero-order valence-corrected chi connectivity index (χ0v) is 12.5. The van der Waals surface area contributed by atoms with Crippen LogP contribution in [0.25, 0.3) is 0 Å². The molecule has 1 saturated carbocycles. The molecule has 0 unspecified atom stereocenters. The molecule has 5 nitrogen and oxygen atoms in total. The third-order valence-corrected chi connectivity index (χ3v) is 5.39. The number of fused-ring (bicyclic) bond motifs is 1. The molecule has 2 aliphatic rings. The van der Waals surface area contributed by atoms with Gasteiger partial charge in [0.2, 0.25) is 0 Å². The molecule has 1 fully saturated rings. The molecular weight excluding hydrogens is 270 g/mol. The standard InChI is InChI=1S/C14H19N5S/c1-2-12-11-6-8-20-13(11)5-7-18(12)9-14-15-16-17-19(14)10-3-4-10/h6,8,10,12H,2-5,7,9H2,1H3/t12-/m0/s1. The van der Waals surface area contributed by atoms with Gasteiger partial charge in [-0.25, -0.2) is 4.68 Å². The second-order valence-electron chi connectivity index (χ2n) is 5.71. The van der Waals surface area contributed by atoms with Crippen molar-refractivity contribution in [1.29, 1.82) is 0 Å². The number of thiophene rings is 1. The molecule has 3 heterocycles. The van der Waals surface area contributed by atoms with Gasteiger partial charge in [-0.05, 0) is 53.1 Å². The summed E-state index contributed by atoms with van der Waals surface area (Å²) in [7, 11) is 0. The Morgan fingerprint density at radius 2 is 2.30 bits per heavy atom. The number of rotatable bonds is 4. The molecule has 106 valence electrons. The van der Waals surface area contributed by atoms with Crippen LogP contribution in [0.5, 0.6) is 0 Å². The van der Waals surface area contributed by atoms with E-state index in [0.29, 0.717) is 12.1 Å². The van der Waals surface area contributed by atoms with E-state index in [0.717, 1.165) is 31.8 Å². The molecule has 0 N–H and O–H groups in total. The van der Waals surface area contributed by atoms with E-state index < -0.39 is 0 Å². The van der Waals surface area contributed by atoms with Crippen LogP contribution in [-0.4, -0.2) is 31.7 Å². The number of aromatic nitrogens is 4. The molecule has 0 spiro atoms. The van der Waals surface area contributed by atoms with Crippen LogP contribution < -0.4 is 0 Å². The van der Waals surface area contributed by atoms with E-state index in [1.165, 1.54) is 18.4 Å². The van der Waals surface area contributed by atoms with Crippen molar-refractivity contribution in [2.45, 2.75) is 51.2 Å². The first-order valence-corrected chi connectivity index (χ1v) is 8.32. The maximum absolute atomic E-state index is 4.25. The highest BCUT2D eigenvalue weighted by atomic mass is 32.1. The molecule has 6 heteroatoms. The first-order valence-electron chi connectivity index (χ1n) is 7.44. The molecule has 0 amide bonds. The third-order valence-electron chi connectivity index (χ3n) is 4.39. The molecule has 0 aromatic carbocycles. The maximum atomic E-state index is 4.25. The van der Waals surface area contributed by atoms with Gasteiger partial charge < -0.3 is 0 Å². The average Bonchev–Trinajstić information content (AvgIpc) is 3.01. The molecule has 4 rings (SSSR count). The molecule has 1 aliphatic carbocycles. The zero-order valence-electron chi connectivity index (χ0n) is 11.7.